The Bertz CT molecular complexity index is 338. The lowest BCUT2D eigenvalue weighted by atomic mass is 10.1. The van der Waals surface area contributed by atoms with Gasteiger partial charge in [0.25, 0.3) is 0 Å². The number of para-hydroxylation sites is 1. The number of rotatable bonds is 3. The summed E-state index contributed by atoms with van der Waals surface area (Å²) in [6.07, 6.45) is 4.77. The van der Waals surface area contributed by atoms with Crippen LogP contribution in [0.25, 0.3) is 0 Å². The number of aliphatic hydroxyl groups is 1. The highest BCUT2D eigenvalue weighted by molar-refractivity contribution is 5.54. The van der Waals surface area contributed by atoms with Crippen LogP contribution in [0.4, 0.5) is 5.69 Å². The first kappa shape index (κ1) is 10.6. The average molecular weight is 189 g/mol. The van der Waals surface area contributed by atoms with Crippen molar-refractivity contribution < 1.29 is 5.11 Å². The van der Waals surface area contributed by atoms with Gasteiger partial charge in [-0.25, -0.2) is 0 Å². The van der Waals surface area contributed by atoms with Crippen LogP contribution in [0.3, 0.4) is 0 Å². The van der Waals surface area contributed by atoms with Crippen LogP contribution in [0.2, 0.25) is 0 Å². The number of aliphatic hydroxyl groups excluding tert-OH is 1. The number of hydrogen-bond donors (Lipinski definition) is 1. The summed E-state index contributed by atoms with van der Waals surface area (Å²) < 4.78 is 0. The Morgan fingerprint density at radius 3 is 2.71 bits per heavy atom. The van der Waals surface area contributed by atoms with Gasteiger partial charge >= 0.3 is 0 Å². The largest absolute Gasteiger partial charge is 0.389 e. The molecule has 0 bridgehead atoms. The van der Waals surface area contributed by atoms with Gasteiger partial charge in [-0.2, -0.15) is 0 Å². The first-order valence-corrected chi connectivity index (χ1v) is 4.58. The molecule has 0 heterocycles. The van der Waals surface area contributed by atoms with Crippen molar-refractivity contribution in [2.45, 2.75) is 13.0 Å². The van der Waals surface area contributed by atoms with E-state index in [1.807, 2.05) is 36.2 Å². The third kappa shape index (κ3) is 2.27. The maximum atomic E-state index is 9.54. The van der Waals surface area contributed by atoms with Gasteiger partial charge in [0.15, 0.2) is 0 Å². The zero-order valence-electron chi connectivity index (χ0n) is 8.57. The maximum Gasteiger partial charge on any atom is 0.0788 e. The minimum atomic E-state index is -0.466. The van der Waals surface area contributed by atoms with Crippen LogP contribution in [0, 0.1) is 12.3 Å². The zero-order valence-corrected chi connectivity index (χ0v) is 8.57. The fourth-order valence-electron chi connectivity index (χ4n) is 1.41. The fraction of sp³-hybridized carbons (Fsp3) is 0.333. The molecule has 0 amide bonds. The normalized spacial score (nSPS) is 11.9. The van der Waals surface area contributed by atoms with E-state index in [0.717, 1.165) is 11.3 Å². The first-order valence-electron chi connectivity index (χ1n) is 4.58. The first-order chi connectivity index (χ1) is 6.66. The molecule has 0 radical (unpaired) electrons. The summed E-state index contributed by atoms with van der Waals surface area (Å²) in [5.41, 5.74) is 1.89. The van der Waals surface area contributed by atoms with Crippen molar-refractivity contribution in [1.82, 2.24) is 0 Å². The number of terminal acetylenes is 1. The standard InChI is InChI=1S/C12H15NO/c1-4-9-13(3)12-8-6-5-7-11(12)10(2)14/h1,5-8,10,14H,9H2,2-3H3/t10-/m1/s1. The van der Waals surface area contributed by atoms with E-state index in [9.17, 15) is 5.11 Å². The highest BCUT2D eigenvalue weighted by Crippen LogP contribution is 2.24. The lowest BCUT2D eigenvalue weighted by Gasteiger charge is -2.21. The Morgan fingerprint density at radius 1 is 1.50 bits per heavy atom. The summed E-state index contributed by atoms with van der Waals surface area (Å²) in [5.74, 6) is 2.58. The summed E-state index contributed by atoms with van der Waals surface area (Å²) in [4.78, 5) is 1.95. The monoisotopic (exact) mass is 189 g/mol. The number of hydrogen-bond acceptors (Lipinski definition) is 2. The molecule has 1 N–H and O–H groups in total. The summed E-state index contributed by atoms with van der Waals surface area (Å²) in [6, 6.07) is 7.72. The van der Waals surface area contributed by atoms with Crippen LogP contribution in [-0.2, 0) is 0 Å². The van der Waals surface area contributed by atoms with Gasteiger partial charge in [0, 0.05) is 18.3 Å². The zero-order chi connectivity index (χ0) is 10.6. The predicted molar refractivity (Wildman–Crippen MR) is 59.2 cm³/mol. The van der Waals surface area contributed by atoms with Gasteiger partial charge in [-0.15, -0.1) is 6.42 Å². The van der Waals surface area contributed by atoms with Gasteiger partial charge in [0.2, 0.25) is 0 Å². The van der Waals surface area contributed by atoms with Gasteiger partial charge < -0.3 is 10.0 Å². The minimum Gasteiger partial charge on any atom is -0.389 e. The molecule has 0 unspecified atom stereocenters. The Kier molecular flexibility index (Phi) is 3.55. The number of nitrogens with zero attached hydrogens (tertiary/aromatic N) is 1. The average Bonchev–Trinajstić information content (AvgIpc) is 2.18. The van der Waals surface area contributed by atoms with Gasteiger partial charge in [0.05, 0.1) is 12.6 Å². The van der Waals surface area contributed by atoms with Crippen molar-refractivity contribution in [2.24, 2.45) is 0 Å². The topological polar surface area (TPSA) is 23.5 Å². The molecular weight excluding hydrogens is 174 g/mol. The molecule has 1 rings (SSSR count). The molecule has 14 heavy (non-hydrogen) atoms. The quantitative estimate of drug-likeness (QED) is 0.733. The molecule has 0 saturated heterocycles. The number of benzene rings is 1. The Labute approximate surface area is 85.2 Å². The van der Waals surface area contributed by atoms with E-state index in [1.165, 1.54) is 0 Å². The molecular formula is C12H15NO. The van der Waals surface area contributed by atoms with Crippen molar-refractivity contribution in [3.63, 3.8) is 0 Å². The van der Waals surface area contributed by atoms with E-state index < -0.39 is 6.10 Å². The van der Waals surface area contributed by atoms with E-state index in [-0.39, 0.29) is 0 Å². The minimum absolute atomic E-state index is 0.466. The molecule has 0 aliphatic rings. The molecule has 2 nitrogen and oxygen atoms in total. The van der Waals surface area contributed by atoms with Gasteiger partial charge in [-0.05, 0) is 13.0 Å². The van der Waals surface area contributed by atoms with Crippen LogP contribution in [0.1, 0.15) is 18.6 Å². The molecule has 0 aromatic heterocycles. The summed E-state index contributed by atoms with van der Waals surface area (Å²) in [5, 5.41) is 9.54. The van der Waals surface area contributed by atoms with E-state index in [4.69, 9.17) is 6.42 Å². The number of anilines is 1. The van der Waals surface area contributed by atoms with Gasteiger partial charge in [0.1, 0.15) is 0 Å². The van der Waals surface area contributed by atoms with Crippen LogP contribution in [-0.4, -0.2) is 18.7 Å². The van der Waals surface area contributed by atoms with Crippen molar-refractivity contribution in [1.29, 1.82) is 0 Å². The molecule has 2 heteroatoms. The SMILES string of the molecule is C#CCN(C)c1ccccc1[C@@H](C)O. The van der Waals surface area contributed by atoms with E-state index in [1.54, 1.807) is 6.92 Å². The maximum absolute atomic E-state index is 9.54. The second-order valence-electron chi connectivity index (χ2n) is 3.29. The Morgan fingerprint density at radius 2 is 2.14 bits per heavy atom. The summed E-state index contributed by atoms with van der Waals surface area (Å²) in [6.45, 7) is 2.30. The third-order valence-corrected chi connectivity index (χ3v) is 2.13. The summed E-state index contributed by atoms with van der Waals surface area (Å²) >= 11 is 0. The molecule has 1 atom stereocenters. The highest BCUT2D eigenvalue weighted by Gasteiger charge is 2.09. The smallest absolute Gasteiger partial charge is 0.0788 e. The molecule has 0 aliphatic heterocycles. The van der Waals surface area contributed by atoms with Crippen LogP contribution in [0.5, 0.6) is 0 Å². The molecule has 0 fully saturated rings. The van der Waals surface area contributed by atoms with Gasteiger partial charge in [-0.3, -0.25) is 0 Å². The lowest BCUT2D eigenvalue weighted by Crippen LogP contribution is -2.19. The summed E-state index contributed by atoms with van der Waals surface area (Å²) in [7, 11) is 1.92. The van der Waals surface area contributed by atoms with Crippen LogP contribution < -0.4 is 4.90 Å². The molecule has 0 aliphatic carbocycles. The van der Waals surface area contributed by atoms with E-state index in [2.05, 4.69) is 5.92 Å². The highest BCUT2D eigenvalue weighted by atomic mass is 16.3. The van der Waals surface area contributed by atoms with E-state index >= 15 is 0 Å². The lowest BCUT2D eigenvalue weighted by molar-refractivity contribution is 0.199. The third-order valence-electron chi connectivity index (χ3n) is 2.13. The second kappa shape index (κ2) is 4.69. The molecule has 74 valence electrons. The molecule has 1 aromatic rings. The molecule has 1 aromatic carbocycles. The van der Waals surface area contributed by atoms with Gasteiger partial charge in [-0.1, -0.05) is 24.1 Å². The van der Waals surface area contributed by atoms with Crippen LogP contribution in [0.15, 0.2) is 24.3 Å². The fourth-order valence-corrected chi connectivity index (χ4v) is 1.41. The van der Waals surface area contributed by atoms with Crippen LogP contribution >= 0.6 is 0 Å². The second-order valence-corrected chi connectivity index (χ2v) is 3.29. The van der Waals surface area contributed by atoms with Crippen molar-refractivity contribution >= 4 is 5.69 Å². The van der Waals surface area contributed by atoms with E-state index in [0.29, 0.717) is 6.54 Å². The van der Waals surface area contributed by atoms with Crippen molar-refractivity contribution in [3.05, 3.63) is 29.8 Å². The Hall–Kier alpha value is -1.46. The molecule has 0 saturated carbocycles. The Balaban J connectivity index is 3.01. The molecule has 0 spiro atoms. The predicted octanol–water partition coefficient (Wildman–Crippen LogP) is 1.81. The van der Waals surface area contributed by atoms with Crippen molar-refractivity contribution in [2.75, 3.05) is 18.5 Å². The van der Waals surface area contributed by atoms with Crippen molar-refractivity contribution in [3.8, 4) is 12.3 Å².